The number of carbonyl (C=O) groups is 3. The van der Waals surface area contributed by atoms with Gasteiger partial charge in [-0.15, -0.1) is 0 Å². The van der Waals surface area contributed by atoms with E-state index in [-0.39, 0.29) is 29.7 Å². The maximum absolute atomic E-state index is 11.6. The Bertz CT molecular complexity index is 346. The highest BCUT2D eigenvalue weighted by Crippen LogP contribution is 2.21. The predicted octanol–water partition coefficient (Wildman–Crippen LogP) is 0.334. The first-order chi connectivity index (χ1) is 8.43. The lowest BCUT2D eigenvalue weighted by Gasteiger charge is -2.17. The smallest absolute Gasteiger partial charge is 0.302 e. The van der Waals surface area contributed by atoms with Gasteiger partial charge in [0.15, 0.2) is 0 Å². The quantitative estimate of drug-likeness (QED) is 0.551. The number of halogens is 1. The van der Waals surface area contributed by atoms with Gasteiger partial charge in [-0.05, 0) is 0 Å². The predicted molar refractivity (Wildman–Crippen MR) is 66.1 cm³/mol. The summed E-state index contributed by atoms with van der Waals surface area (Å²) >= 11 is 3.09. The molecular formula is C11H16BrNO5. The van der Waals surface area contributed by atoms with E-state index >= 15 is 0 Å². The third-order valence-corrected chi connectivity index (χ3v) is 3.15. The summed E-state index contributed by atoms with van der Waals surface area (Å²) in [5.74, 6) is -1.03. The molecule has 0 spiro atoms. The molecule has 18 heavy (non-hydrogen) atoms. The van der Waals surface area contributed by atoms with Crippen molar-refractivity contribution in [3.63, 3.8) is 0 Å². The number of amides is 1. The van der Waals surface area contributed by atoms with Crippen LogP contribution in [0, 0.1) is 5.92 Å². The average Bonchev–Trinajstić information content (AvgIpc) is 2.67. The molecule has 0 radical (unpaired) electrons. The minimum Gasteiger partial charge on any atom is -0.465 e. The summed E-state index contributed by atoms with van der Waals surface area (Å²) in [5, 5.41) is 0.222. The van der Waals surface area contributed by atoms with Crippen molar-refractivity contribution in [3.05, 3.63) is 0 Å². The van der Waals surface area contributed by atoms with Crippen molar-refractivity contribution in [2.45, 2.75) is 20.0 Å². The zero-order chi connectivity index (χ0) is 13.7. The van der Waals surface area contributed by atoms with E-state index in [0.29, 0.717) is 13.1 Å². The Hall–Kier alpha value is -1.11. The number of ether oxygens (including phenoxy) is 2. The molecule has 0 aromatic rings. The molecule has 2 unspecified atom stereocenters. The molecule has 1 rings (SSSR count). The van der Waals surface area contributed by atoms with E-state index < -0.39 is 12.1 Å². The van der Waals surface area contributed by atoms with Crippen molar-refractivity contribution < 1.29 is 23.9 Å². The molecule has 7 heteroatoms. The fourth-order valence-electron chi connectivity index (χ4n) is 1.86. The third kappa shape index (κ3) is 4.29. The summed E-state index contributed by atoms with van der Waals surface area (Å²) in [4.78, 5) is 34.9. The second-order valence-electron chi connectivity index (χ2n) is 4.14. The van der Waals surface area contributed by atoms with Crippen LogP contribution in [-0.2, 0) is 23.9 Å². The van der Waals surface area contributed by atoms with Gasteiger partial charge in [-0.2, -0.15) is 0 Å². The van der Waals surface area contributed by atoms with Crippen LogP contribution in [0.2, 0.25) is 0 Å². The first kappa shape index (κ1) is 14.9. The van der Waals surface area contributed by atoms with Gasteiger partial charge in [-0.1, -0.05) is 15.9 Å². The van der Waals surface area contributed by atoms with Gasteiger partial charge >= 0.3 is 11.9 Å². The first-order valence-electron chi connectivity index (χ1n) is 5.58. The fraction of sp³-hybridized carbons (Fsp3) is 0.727. The van der Waals surface area contributed by atoms with Gasteiger partial charge in [0.25, 0.3) is 0 Å². The van der Waals surface area contributed by atoms with Gasteiger partial charge in [0.05, 0.1) is 18.5 Å². The highest BCUT2D eigenvalue weighted by Gasteiger charge is 2.37. The van der Waals surface area contributed by atoms with Crippen molar-refractivity contribution in [2.24, 2.45) is 5.92 Å². The average molecular weight is 322 g/mol. The van der Waals surface area contributed by atoms with Crippen LogP contribution in [0.15, 0.2) is 0 Å². The summed E-state index contributed by atoms with van der Waals surface area (Å²) < 4.78 is 10.1. The Kier molecular flexibility index (Phi) is 5.58. The second-order valence-corrected chi connectivity index (χ2v) is 4.70. The van der Waals surface area contributed by atoms with Crippen LogP contribution >= 0.6 is 15.9 Å². The lowest BCUT2D eigenvalue weighted by atomic mass is 10.1. The number of carbonyl (C=O) groups excluding carboxylic acids is 3. The second kappa shape index (κ2) is 6.72. The third-order valence-electron chi connectivity index (χ3n) is 2.67. The van der Waals surface area contributed by atoms with Crippen molar-refractivity contribution in [1.29, 1.82) is 0 Å². The van der Waals surface area contributed by atoms with Crippen LogP contribution in [0.1, 0.15) is 13.8 Å². The van der Waals surface area contributed by atoms with Crippen LogP contribution in [0.25, 0.3) is 0 Å². The van der Waals surface area contributed by atoms with Crippen LogP contribution in [0.4, 0.5) is 0 Å². The Morgan fingerprint density at radius 2 is 1.89 bits per heavy atom. The van der Waals surface area contributed by atoms with E-state index in [9.17, 15) is 14.4 Å². The molecule has 1 fully saturated rings. The number of hydrogen-bond acceptors (Lipinski definition) is 5. The Labute approximate surface area is 114 Å². The molecule has 0 N–H and O–H groups in total. The van der Waals surface area contributed by atoms with Gasteiger partial charge in [-0.3, -0.25) is 14.4 Å². The summed E-state index contributed by atoms with van der Waals surface area (Å²) in [6.45, 7) is 3.56. The summed E-state index contributed by atoms with van der Waals surface area (Å²) in [5.41, 5.74) is 0. The molecule has 0 bridgehead atoms. The molecular weight excluding hydrogens is 306 g/mol. The molecule has 0 aromatic heterocycles. The van der Waals surface area contributed by atoms with E-state index in [1.807, 2.05) is 0 Å². The fourth-order valence-corrected chi connectivity index (χ4v) is 2.22. The van der Waals surface area contributed by atoms with Crippen molar-refractivity contribution in [3.8, 4) is 0 Å². The van der Waals surface area contributed by atoms with Crippen molar-refractivity contribution >= 4 is 33.8 Å². The number of alkyl halides is 1. The van der Waals surface area contributed by atoms with E-state index in [1.165, 1.54) is 13.8 Å². The van der Waals surface area contributed by atoms with Crippen molar-refractivity contribution in [1.82, 2.24) is 4.90 Å². The molecule has 0 aromatic carbocycles. The van der Waals surface area contributed by atoms with Gasteiger partial charge in [0.1, 0.15) is 6.10 Å². The Morgan fingerprint density at radius 1 is 1.22 bits per heavy atom. The molecule has 102 valence electrons. The minimum absolute atomic E-state index is 0.0718. The topological polar surface area (TPSA) is 72.9 Å². The summed E-state index contributed by atoms with van der Waals surface area (Å²) in [6, 6.07) is 0. The van der Waals surface area contributed by atoms with Crippen LogP contribution in [-0.4, -0.2) is 53.9 Å². The van der Waals surface area contributed by atoms with Gasteiger partial charge < -0.3 is 14.4 Å². The molecule has 1 aliphatic heterocycles. The highest BCUT2D eigenvalue weighted by atomic mass is 79.9. The van der Waals surface area contributed by atoms with E-state index in [0.717, 1.165) is 0 Å². The van der Waals surface area contributed by atoms with Gasteiger partial charge in [-0.25, -0.2) is 0 Å². The largest absolute Gasteiger partial charge is 0.465 e. The lowest BCUT2D eigenvalue weighted by Crippen LogP contribution is -2.31. The van der Waals surface area contributed by atoms with E-state index in [1.54, 1.807) is 4.90 Å². The number of rotatable bonds is 4. The first-order valence-corrected chi connectivity index (χ1v) is 6.70. The van der Waals surface area contributed by atoms with Crippen LogP contribution in [0.5, 0.6) is 0 Å². The van der Waals surface area contributed by atoms with Crippen LogP contribution in [0.3, 0.4) is 0 Å². The monoisotopic (exact) mass is 321 g/mol. The van der Waals surface area contributed by atoms with Gasteiger partial charge in [0, 0.05) is 26.3 Å². The number of nitrogens with zero attached hydrogens (tertiary/aromatic N) is 1. The normalized spacial score (nSPS) is 22.7. The molecule has 1 aliphatic rings. The molecule has 0 aliphatic carbocycles. The molecule has 1 saturated heterocycles. The van der Waals surface area contributed by atoms with E-state index in [4.69, 9.17) is 9.47 Å². The maximum Gasteiger partial charge on any atom is 0.302 e. The number of hydrogen-bond donors (Lipinski definition) is 0. The SMILES string of the molecule is CC(=O)OCC1CN(C(=O)CBr)CC1OC(C)=O. The minimum atomic E-state index is -0.412. The molecule has 6 nitrogen and oxygen atoms in total. The van der Waals surface area contributed by atoms with Gasteiger partial charge in [0.2, 0.25) is 5.91 Å². The number of esters is 2. The van der Waals surface area contributed by atoms with Crippen LogP contribution < -0.4 is 0 Å². The summed E-state index contributed by atoms with van der Waals surface area (Å²) in [6.07, 6.45) is -0.412. The zero-order valence-electron chi connectivity index (χ0n) is 10.3. The highest BCUT2D eigenvalue weighted by molar-refractivity contribution is 9.09. The molecule has 1 heterocycles. The molecule has 1 amide bonds. The summed E-state index contributed by atoms with van der Waals surface area (Å²) in [7, 11) is 0. The Morgan fingerprint density at radius 3 is 2.39 bits per heavy atom. The standard InChI is InChI=1S/C11H16BrNO5/c1-7(14)17-6-9-4-13(11(16)3-12)5-10(9)18-8(2)15/h9-10H,3-6H2,1-2H3. The van der Waals surface area contributed by atoms with E-state index in [2.05, 4.69) is 15.9 Å². The zero-order valence-corrected chi connectivity index (χ0v) is 11.9. The lowest BCUT2D eigenvalue weighted by molar-refractivity contribution is -0.150. The van der Waals surface area contributed by atoms with Crippen molar-refractivity contribution in [2.75, 3.05) is 25.0 Å². The number of likely N-dealkylation sites (tertiary alicyclic amines) is 1. The molecule has 2 atom stereocenters. The molecule has 0 saturated carbocycles. The Balaban J connectivity index is 2.62. The maximum atomic E-state index is 11.6.